The number of nitrogens with zero attached hydrogens (tertiary/aromatic N) is 3. The van der Waals surface area contributed by atoms with Crippen molar-refractivity contribution in [2.45, 2.75) is 6.92 Å². The van der Waals surface area contributed by atoms with Crippen LogP contribution in [0.3, 0.4) is 0 Å². The second-order valence-electron chi connectivity index (χ2n) is 7.72. The van der Waals surface area contributed by atoms with Gasteiger partial charge in [0.1, 0.15) is 6.61 Å². The molecule has 0 spiro atoms. The predicted molar refractivity (Wildman–Crippen MR) is 137 cm³/mol. The maximum atomic E-state index is 12.7. The molecule has 1 aromatic heterocycles. The third kappa shape index (κ3) is 5.19. The molecule has 0 radical (unpaired) electrons. The zero-order valence-corrected chi connectivity index (χ0v) is 21.0. The smallest absolute Gasteiger partial charge is 0.336 e. The van der Waals surface area contributed by atoms with Crippen molar-refractivity contribution < 1.29 is 23.7 Å². The molecule has 9 nitrogen and oxygen atoms in total. The lowest BCUT2D eigenvalue weighted by atomic mass is 10.2. The van der Waals surface area contributed by atoms with Crippen LogP contribution < -0.4 is 19.5 Å². The van der Waals surface area contributed by atoms with Gasteiger partial charge in [-0.1, -0.05) is 12.1 Å². The molecule has 0 bridgehead atoms. The highest BCUT2D eigenvalue weighted by atomic mass is 79.9. The van der Waals surface area contributed by atoms with Crippen LogP contribution in [0, 0.1) is 0 Å². The Labute approximate surface area is 216 Å². The van der Waals surface area contributed by atoms with E-state index in [0.717, 1.165) is 15.7 Å². The SMILES string of the molecule is CCOCCOc1nc(-c2ccc3c(c2)OCO3)n(-c2ccc(NC(=O)c3ccccc3Br)cc2)n1. The summed E-state index contributed by atoms with van der Waals surface area (Å²) in [7, 11) is 0. The van der Waals surface area contributed by atoms with Crippen LogP contribution in [0.15, 0.2) is 71.2 Å². The van der Waals surface area contributed by atoms with Crippen LogP contribution in [0.5, 0.6) is 17.5 Å². The van der Waals surface area contributed by atoms with E-state index in [9.17, 15) is 4.79 Å². The number of carbonyl (C=O) groups excluding carboxylic acids is 1. The molecule has 0 saturated carbocycles. The summed E-state index contributed by atoms with van der Waals surface area (Å²) in [4.78, 5) is 17.3. The van der Waals surface area contributed by atoms with Crippen molar-refractivity contribution in [1.82, 2.24) is 14.8 Å². The molecular formula is C26H23BrN4O5. The first-order chi connectivity index (χ1) is 17.6. The Morgan fingerprint density at radius 3 is 2.67 bits per heavy atom. The van der Waals surface area contributed by atoms with E-state index in [1.807, 2.05) is 67.6 Å². The van der Waals surface area contributed by atoms with Crippen LogP contribution in [0.2, 0.25) is 0 Å². The molecule has 1 aliphatic heterocycles. The number of anilines is 1. The lowest BCUT2D eigenvalue weighted by molar-refractivity contribution is 0.102. The van der Waals surface area contributed by atoms with Gasteiger partial charge >= 0.3 is 6.01 Å². The molecule has 10 heteroatoms. The van der Waals surface area contributed by atoms with Gasteiger partial charge in [-0.2, -0.15) is 4.98 Å². The zero-order chi connectivity index (χ0) is 24.9. The van der Waals surface area contributed by atoms with Gasteiger partial charge < -0.3 is 24.3 Å². The van der Waals surface area contributed by atoms with Gasteiger partial charge in [-0.3, -0.25) is 4.79 Å². The van der Waals surface area contributed by atoms with E-state index < -0.39 is 0 Å². The number of nitrogens with one attached hydrogen (secondary N) is 1. The predicted octanol–water partition coefficient (Wildman–Crippen LogP) is 5.09. The summed E-state index contributed by atoms with van der Waals surface area (Å²) >= 11 is 3.41. The second-order valence-corrected chi connectivity index (χ2v) is 8.58. The minimum absolute atomic E-state index is 0.185. The zero-order valence-electron chi connectivity index (χ0n) is 19.4. The molecule has 0 saturated heterocycles. The normalized spacial score (nSPS) is 11.9. The lowest BCUT2D eigenvalue weighted by Crippen LogP contribution is -2.12. The monoisotopic (exact) mass is 550 g/mol. The van der Waals surface area contributed by atoms with E-state index in [4.69, 9.17) is 18.9 Å². The molecule has 0 aliphatic carbocycles. The Morgan fingerprint density at radius 2 is 1.86 bits per heavy atom. The van der Waals surface area contributed by atoms with Crippen LogP contribution >= 0.6 is 15.9 Å². The fraction of sp³-hybridized carbons (Fsp3) is 0.192. The molecular weight excluding hydrogens is 528 g/mol. The number of hydrogen-bond acceptors (Lipinski definition) is 7. The molecule has 0 unspecified atom stereocenters. The summed E-state index contributed by atoms with van der Waals surface area (Å²) in [5.74, 6) is 1.70. The number of aromatic nitrogens is 3. The van der Waals surface area contributed by atoms with E-state index >= 15 is 0 Å². The maximum Gasteiger partial charge on any atom is 0.336 e. The summed E-state index contributed by atoms with van der Waals surface area (Å²) < 4.78 is 24.4. The lowest BCUT2D eigenvalue weighted by Gasteiger charge is -2.09. The van der Waals surface area contributed by atoms with E-state index in [2.05, 4.69) is 31.3 Å². The fourth-order valence-electron chi connectivity index (χ4n) is 3.62. The second kappa shape index (κ2) is 10.8. The minimum atomic E-state index is -0.206. The molecule has 184 valence electrons. The molecule has 4 aromatic rings. The molecule has 5 rings (SSSR count). The standard InChI is InChI=1S/C26H23BrN4O5/c1-2-33-13-14-34-26-29-24(17-7-12-22-23(15-17)36-16-35-22)31(30-26)19-10-8-18(9-11-19)28-25(32)20-5-3-4-6-21(20)27/h3-12,15H,2,13-14,16H2,1H3,(H,28,32). The summed E-state index contributed by atoms with van der Waals surface area (Å²) in [5, 5.41) is 7.47. The van der Waals surface area contributed by atoms with E-state index in [-0.39, 0.29) is 18.7 Å². The maximum absolute atomic E-state index is 12.7. The average molecular weight is 551 g/mol. The summed E-state index contributed by atoms with van der Waals surface area (Å²) in [6, 6.07) is 20.4. The van der Waals surface area contributed by atoms with Crippen molar-refractivity contribution in [3.63, 3.8) is 0 Å². The number of hydrogen-bond donors (Lipinski definition) is 1. The van der Waals surface area contributed by atoms with Crippen LogP contribution in [0.4, 0.5) is 5.69 Å². The van der Waals surface area contributed by atoms with E-state index in [1.54, 1.807) is 10.7 Å². The number of carbonyl (C=O) groups is 1. The Morgan fingerprint density at radius 1 is 1.06 bits per heavy atom. The summed E-state index contributed by atoms with van der Waals surface area (Å²) in [5.41, 5.74) is 2.74. The minimum Gasteiger partial charge on any atom is -0.460 e. The van der Waals surface area contributed by atoms with Crippen molar-refractivity contribution in [3.8, 4) is 34.6 Å². The van der Waals surface area contributed by atoms with Crippen LogP contribution in [-0.2, 0) is 4.74 Å². The Kier molecular flexibility index (Phi) is 7.15. The summed E-state index contributed by atoms with van der Waals surface area (Å²) in [6.07, 6.45) is 0. The van der Waals surface area contributed by atoms with E-state index in [0.29, 0.717) is 48.4 Å². The molecule has 1 amide bonds. The highest BCUT2D eigenvalue weighted by molar-refractivity contribution is 9.10. The van der Waals surface area contributed by atoms with Crippen molar-refractivity contribution in [3.05, 3.63) is 76.8 Å². The van der Waals surface area contributed by atoms with Gasteiger partial charge in [-0.25, -0.2) is 4.68 Å². The first-order valence-corrected chi connectivity index (χ1v) is 12.2. The Bertz CT molecular complexity index is 1370. The van der Waals surface area contributed by atoms with Crippen molar-refractivity contribution in [2.24, 2.45) is 0 Å². The summed E-state index contributed by atoms with van der Waals surface area (Å²) in [6.45, 7) is 3.49. The highest BCUT2D eigenvalue weighted by Crippen LogP contribution is 2.36. The fourth-order valence-corrected chi connectivity index (χ4v) is 4.09. The van der Waals surface area contributed by atoms with Crippen molar-refractivity contribution >= 4 is 27.5 Å². The van der Waals surface area contributed by atoms with Gasteiger partial charge in [0.05, 0.1) is 17.9 Å². The van der Waals surface area contributed by atoms with Crippen LogP contribution in [-0.4, -0.2) is 47.3 Å². The first-order valence-electron chi connectivity index (χ1n) is 11.4. The van der Waals surface area contributed by atoms with Crippen molar-refractivity contribution in [2.75, 3.05) is 31.9 Å². The number of ether oxygens (including phenoxy) is 4. The quantitative estimate of drug-likeness (QED) is 0.290. The molecule has 1 N–H and O–H groups in total. The van der Waals surface area contributed by atoms with E-state index in [1.165, 1.54) is 0 Å². The Hall–Kier alpha value is -3.89. The number of amides is 1. The molecule has 0 fully saturated rings. The van der Waals surface area contributed by atoms with Gasteiger partial charge in [0.25, 0.3) is 5.91 Å². The largest absolute Gasteiger partial charge is 0.460 e. The third-order valence-electron chi connectivity index (χ3n) is 5.37. The van der Waals surface area contributed by atoms with Gasteiger partial charge in [0.2, 0.25) is 6.79 Å². The van der Waals surface area contributed by atoms with Gasteiger partial charge in [0, 0.05) is 22.3 Å². The third-order valence-corrected chi connectivity index (χ3v) is 6.06. The van der Waals surface area contributed by atoms with Gasteiger partial charge in [-0.15, -0.1) is 5.10 Å². The number of halogens is 1. The molecule has 1 aliphatic rings. The molecule has 3 aromatic carbocycles. The van der Waals surface area contributed by atoms with Crippen LogP contribution in [0.1, 0.15) is 17.3 Å². The Balaban J connectivity index is 1.41. The molecule has 0 atom stereocenters. The number of benzene rings is 3. The molecule has 36 heavy (non-hydrogen) atoms. The van der Waals surface area contributed by atoms with Gasteiger partial charge in [0.15, 0.2) is 17.3 Å². The van der Waals surface area contributed by atoms with Gasteiger partial charge in [-0.05, 0) is 77.5 Å². The number of rotatable bonds is 9. The highest BCUT2D eigenvalue weighted by Gasteiger charge is 2.19. The first kappa shape index (κ1) is 23.8. The van der Waals surface area contributed by atoms with Crippen LogP contribution in [0.25, 0.3) is 17.1 Å². The molecule has 2 heterocycles. The average Bonchev–Trinajstić information content (AvgIpc) is 3.54. The number of fused-ring (bicyclic) bond motifs is 1. The topological polar surface area (TPSA) is 96.7 Å². The van der Waals surface area contributed by atoms with Crippen molar-refractivity contribution in [1.29, 1.82) is 0 Å².